The van der Waals surface area contributed by atoms with Gasteiger partial charge < -0.3 is 19.9 Å². The Morgan fingerprint density at radius 1 is 1.37 bits per heavy atom. The summed E-state index contributed by atoms with van der Waals surface area (Å²) < 4.78 is 33.3. The van der Waals surface area contributed by atoms with Gasteiger partial charge in [0.2, 0.25) is 5.91 Å². The normalized spacial score (nSPS) is 16.9. The number of thiophene rings is 1. The molecule has 0 aliphatic carbocycles. The molecule has 2 unspecified atom stereocenters. The second-order valence-electron chi connectivity index (χ2n) is 7.43. The fourth-order valence-corrected chi connectivity index (χ4v) is 4.38. The zero-order valence-electron chi connectivity index (χ0n) is 16.5. The van der Waals surface area contributed by atoms with Crippen molar-refractivity contribution in [2.75, 3.05) is 25.5 Å². The van der Waals surface area contributed by atoms with E-state index in [-0.39, 0.29) is 30.4 Å². The number of carbonyl (C=O) groups excluding carboxylic acids is 1. The maximum Gasteiger partial charge on any atom is 0.256 e. The summed E-state index contributed by atoms with van der Waals surface area (Å²) in [6, 6.07) is 3.32. The number of anilines is 1. The van der Waals surface area contributed by atoms with Crippen LogP contribution in [-0.4, -0.2) is 36.0 Å². The first-order valence-corrected chi connectivity index (χ1v) is 10.5. The van der Waals surface area contributed by atoms with Crippen molar-refractivity contribution in [1.82, 2.24) is 9.88 Å². The number of aromatic amines is 1. The van der Waals surface area contributed by atoms with Gasteiger partial charge in [0.15, 0.2) is 11.6 Å². The highest BCUT2D eigenvalue weighted by Crippen LogP contribution is 2.34. The Kier molecular flexibility index (Phi) is 5.57. The largest absolute Gasteiger partial charge is 0.384 e. The van der Waals surface area contributed by atoms with Gasteiger partial charge in [0, 0.05) is 35.9 Å². The predicted octanol–water partition coefficient (Wildman–Crippen LogP) is 3.65. The lowest BCUT2D eigenvalue weighted by molar-refractivity contribution is -0.137. The number of nitrogens with zero attached hydrogens (tertiary/aromatic N) is 1. The molecule has 2 N–H and O–H groups in total. The number of likely N-dealkylation sites (N-methyl/N-ethyl adjacent to an activating group) is 1. The van der Waals surface area contributed by atoms with Crippen LogP contribution in [0.25, 0.3) is 10.8 Å². The highest BCUT2D eigenvalue weighted by atomic mass is 32.1. The lowest BCUT2D eigenvalue weighted by atomic mass is 9.94. The number of carbonyl (C=O) groups is 1. The Balaban J connectivity index is 1.66. The Hall–Kier alpha value is -2.78. The van der Waals surface area contributed by atoms with E-state index in [2.05, 4.69) is 10.3 Å². The van der Waals surface area contributed by atoms with Gasteiger partial charge >= 0.3 is 0 Å². The number of hydrogen-bond acceptors (Lipinski definition) is 5. The molecule has 0 spiro atoms. The van der Waals surface area contributed by atoms with Crippen LogP contribution in [0.1, 0.15) is 24.2 Å². The van der Waals surface area contributed by atoms with Gasteiger partial charge in [-0.2, -0.15) is 11.3 Å². The molecule has 30 heavy (non-hydrogen) atoms. The molecule has 0 saturated heterocycles. The first kappa shape index (κ1) is 20.5. The van der Waals surface area contributed by atoms with Crippen LogP contribution in [-0.2, 0) is 16.1 Å². The average molecular weight is 433 g/mol. The van der Waals surface area contributed by atoms with Gasteiger partial charge in [-0.25, -0.2) is 8.78 Å². The Morgan fingerprint density at radius 3 is 2.80 bits per heavy atom. The number of rotatable bonds is 5. The Labute approximate surface area is 175 Å². The first-order valence-electron chi connectivity index (χ1n) is 9.51. The molecule has 4 rings (SSSR count). The number of pyridine rings is 1. The number of halogens is 2. The van der Waals surface area contributed by atoms with Crippen molar-refractivity contribution < 1.29 is 18.3 Å². The van der Waals surface area contributed by atoms with Crippen LogP contribution in [0.3, 0.4) is 0 Å². The standard InChI is InChI=1S/C21H21F2N3O3S/c1-11(7-24-12-3-4-30-10-12)21(28)26(2)18-9-29-8-17-19(18)13-5-15(22)16(23)6-14(13)20(27)25-17/h3-6,10-11,18,24H,7-9H2,1-2H3,(H,25,27). The summed E-state index contributed by atoms with van der Waals surface area (Å²) in [7, 11) is 1.66. The van der Waals surface area contributed by atoms with Crippen molar-refractivity contribution in [1.29, 1.82) is 0 Å². The van der Waals surface area contributed by atoms with Crippen LogP contribution in [0.4, 0.5) is 14.5 Å². The van der Waals surface area contributed by atoms with E-state index in [9.17, 15) is 18.4 Å². The van der Waals surface area contributed by atoms with E-state index >= 15 is 0 Å². The number of H-pyrrole nitrogens is 1. The second-order valence-corrected chi connectivity index (χ2v) is 8.21. The van der Waals surface area contributed by atoms with Crippen molar-refractivity contribution in [3.63, 3.8) is 0 Å². The minimum absolute atomic E-state index is 0.0487. The van der Waals surface area contributed by atoms with E-state index in [0.29, 0.717) is 23.2 Å². The lowest BCUT2D eigenvalue weighted by Gasteiger charge is -2.35. The summed E-state index contributed by atoms with van der Waals surface area (Å²) >= 11 is 1.56. The average Bonchev–Trinajstić information content (AvgIpc) is 3.25. The summed E-state index contributed by atoms with van der Waals surface area (Å²) in [6.45, 7) is 2.60. The Morgan fingerprint density at radius 2 is 2.10 bits per heavy atom. The van der Waals surface area contributed by atoms with Gasteiger partial charge in [0.05, 0.1) is 30.6 Å². The van der Waals surface area contributed by atoms with Crippen LogP contribution in [0.15, 0.2) is 33.8 Å². The third kappa shape index (κ3) is 3.70. The van der Waals surface area contributed by atoms with Gasteiger partial charge in [-0.05, 0) is 29.0 Å². The van der Waals surface area contributed by atoms with E-state index in [4.69, 9.17) is 4.74 Å². The molecule has 1 aliphatic rings. The third-order valence-corrected chi connectivity index (χ3v) is 6.09. The molecule has 0 saturated carbocycles. The molecular formula is C21H21F2N3O3S. The number of fused-ring (bicyclic) bond motifs is 3. The van der Waals surface area contributed by atoms with Crippen LogP contribution in [0.5, 0.6) is 0 Å². The number of aromatic nitrogens is 1. The molecule has 6 nitrogen and oxygen atoms in total. The summed E-state index contributed by atoms with van der Waals surface area (Å²) in [4.78, 5) is 29.7. The van der Waals surface area contributed by atoms with E-state index in [0.717, 1.165) is 17.8 Å². The van der Waals surface area contributed by atoms with Crippen LogP contribution >= 0.6 is 11.3 Å². The SMILES string of the molecule is CC(CNc1ccsc1)C(=O)N(C)C1COCc2[nH]c(=O)c3cc(F)c(F)cc3c21. The molecule has 2 aromatic heterocycles. The molecule has 9 heteroatoms. The van der Waals surface area contributed by atoms with Crippen molar-refractivity contribution in [3.05, 3.63) is 62.2 Å². The topological polar surface area (TPSA) is 74.4 Å². The smallest absolute Gasteiger partial charge is 0.256 e. The maximum atomic E-state index is 14.0. The van der Waals surface area contributed by atoms with Gasteiger partial charge in [0.1, 0.15) is 0 Å². The molecule has 158 valence electrons. The van der Waals surface area contributed by atoms with Gasteiger partial charge in [-0.3, -0.25) is 9.59 Å². The van der Waals surface area contributed by atoms with Gasteiger partial charge in [-0.15, -0.1) is 0 Å². The lowest BCUT2D eigenvalue weighted by Crippen LogP contribution is -2.41. The molecule has 3 heterocycles. The fourth-order valence-electron chi connectivity index (χ4n) is 3.77. The van der Waals surface area contributed by atoms with Crippen LogP contribution < -0.4 is 10.9 Å². The van der Waals surface area contributed by atoms with E-state index in [1.54, 1.807) is 23.3 Å². The van der Waals surface area contributed by atoms with Gasteiger partial charge in [-0.1, -0.05) is 6.92 Å². The molecular weight excluding hydrogens is 412 g/mol. The number of ether oxygens (including phenoxy) is 1. The first-order chi connectivity index (χ1) is 14.4. The predicted molar refractivity (Wildman–Crippen MR) is 112 cm³/mol. The third-order valence-electron chi connectivity index (χ3n) is 5.41. The van der Waals surface area contributed by atoms with Crippen molar-refractivity contribution in [2.24, 2.45) is 5.92 Å². The maximum absolute atomic E-state index is 14.0. The van der Waals surface area contributed by atoms with Crippen molar-refractivity contribution >= 4 is 33.7 Å². The molecule has 2 atom stereocenters. The molecule has 0 bridgehead atoms. The number of nitrogens with one attached hydrogen (secondary N) is 2. The highest BCUT2D eigenvalue weighted by Gasteiger charge is 2.32. The summed E-state index contributed by atoms with van der Waals surface area (Å²) in [5, 5.41) is 7.48. The molecule has 0 radical (unpaired) electrons. The number of amides is 1. The molecule has 1 amide bonds. The molecule has 1 aliphatic heterocycles. The van der Waals surface area contributed by atoms with Gasteiger partial charge in [0.25, 0.3) is 5.56 Å². The van der Waals surface area contributed by atoms with Crippen LogP contribution in [0.2, 0.25) is 0 Å². The minimum atomic E-state index is -1.09. The zero-order valence-corrected chi connectivity index (χ0v) is 17.3. The highest BCUT2D eigenvalue weighted by molar-refractivity contribution is 7.08. The van der Waals surface area contributed by atoms with E-state index in [1.165, 1.54) is 0 Å². The summed E-state index contributed by atoms with van der Waals surface area (Å²) in [5.74, 6) is -2.58. The Bertz CT molecular complexity index is 1150. The monoisotopic (exact) mass is 433 g/mol. The second kappa shape index (κ2) is 8.16. The van der Waals surface area contributed by atoms with Crippen molar-refractivity contribution in [2.45, 2.75) is 19.6 Å². The van der Waals surface area contributed by atoms with E-state index < -0.39 is 23.2 Å². The van der Waals surface area contributed by atoms with Crippen molar-refractivity contribution in [3.8, 4) is 0 Å². The summed E-state index contributed by atoms with van der Waals surface area (Å²) in [6.07, 6.45) is 0. The fraction of sp³-hybridized carbons (Fsp3) is 0.333. The molecule has 3 aromatic rings. The quantitative estimate of drug-likeness (QED) is 0.644. The minimum Gasteiger partial charge on any atom is -0.384 e. The summed E-state index contributed by atoms with van der Waals surface area (Å²) in [5.41, 5.74) is 1.49. The number of hydrogen-bond donors (Lipinski definition) is 2. The zero-order chi connectivity index (χ0) is 21.4. The number of benzene rings is 1. The molecule has 1 aromatic carbocycles. The van der Waals surface area contributed by atoms with E-state index in [1.807, 2.05) is 23.8 Å². The van der Waals surface area contributed by atoms with Crippen LogP contribution in [0, 0.1) is 17.6 Å². The molecule has 0 fully saturated rings.